The first-order valence-electron chi connectivity index (χ1n) is 5.86. The van der Waals surface area contributed by atoms with Crippen LogP contribution in [0.15, 0.2) is 12.4 Å². The summed E-state index contributed by atoms with van der Waals surface area (Å²) in [5.74, 6) is 0.610. The Balaban J connectivity index is 2.15. The van der Waals surface area contributed by atoms with Gasteiger partial charge in [-0.3, -0.25) is 9.78 Å². The number of carbonyl (C=O) groups is 1. The molecule has 0 spiro atoms. The van der Waals surface area contributed by atoms with Gasteiger partial charge in [0.25, 0.3) is 5.91 Å². The van der Waals surface area contributed by atoms with Crippen molar-refractivity contribution in [1.82, 2.24) is 14.9 Å². The Kier molecular flexibility index (Phi) is 3.62. The van der Waals surface area contributed by atoms with Crippen LogP contribution in [0.25, 0.3) is 0 Å². The highest BCUT2D eigenvalue weighted by Crippen LogP contribution is 2.23. The summed E-state index contributed by atoms with van der Waals surface area (Å²) < 4.78 is 0. The van der Waals surface area contributed by atoms with E-state index in [0.717, 1.165) is 19.4 Å². The zero-order valence-electron chi connectivity index (χ0n) is 10.1. The third-order valence-corrected chi connectivity index (χ3v) is 3.41. The van der Waals surface area contributed by atoms with E-state index < -0.39 is 0 Å². The van der Waals surface area contributed by atoms with Crippen LogP contribution in [0.5, 0.6) is 0 Å². The van der Waals surface area contributed by atoms with Crippen molar-refractivity contribution >= 4 is 17.5 Å². The second kappa shape index (κ2) is 5.00. The summed E-state index contributed by atoms with van der Waals surface area (Å²) in [4.78, 5) is 22.0. The van der Waals surface area contributed by atoms with E-state index in [9.17, 15) is 4.79 Å². The van der Waals surface area contributed by atoms with Gasteiger partial charge in [-0.25, -0.2) is 4.98 Å². The summed E-state index contributed by atoms with van der Waals surface area (Å²) in [5, 5.41) is 0.258. The van der Waals surface area contributed by atoms with Gasteiger partial charge < -0.3 is 4.90 Å². The maximum Gasteiger partial charge on any atom is 0.274 e. The van der Waals surface area contributed by atoms with E-state index in [2.05, 4.69) is 23.8 Å². The lowest BCUT2D eigenvalue weighted by Gasteiger charge is -2.36. The molecule has 0 aliphatic carbocycles. The molecule has 92 valence electrons. The molecule has 0 radical (unpaired) electrons. The van der Waals surface area contributed by atoms with Gasteiger partial charge in [-0.15, -0.1) is 0 Å². The van der Waals surface area contributed by atoms with Crippen molar-refractivity contribution < 1.29 is 4.79 Å². The lowest BCUT2D eigenvalue weighted by Crippen LogP contribution is -2.44. The topological polar surface area (TPSA) is 46.1 Å². The Hall–Kier alpha value is -1.16. The van der Waals surface area contributed by atoms with Crippen molar-refractivity contribution in [3.63, 3.8) is 0 Å². The van der Waals surface area contributed by atoms with Gasteiger partial charge in [-0.2, -0.15) is 0 Å². The smallest absolute Gasteiger partial charge is 0.274 e. The number of nitrogens with zero attached hydrogens (tertiary/aromatic N) is 3. The lowest BCUT2D eigenvalue weighted by molar-refractivity contribution is 0.0582. The van der Waals surface area contributed by atoms with Gasteiger partial charge in [-0.1, -0.05) is 18.5 Å². The number of likely N-dealkylation sites (tertiary alicyclic amines) is 1. The van der Waals surface area contributed by atoms with Crippen LogP contribution in [0.1, 0.15) is 37.2 Å². The van der Waals surface area contributed by atoms with Crippen LogP contribution in [-0.2, 0) is 0 Å². The molecule has 2 unspecified atom stereocenters. The number of carbonyl (C=O) groups excluding carboxylic acids is 1. The van der Waals surface area contributed by atoms with Crippen molar-refractivity contribution in [3.05, 3.63) is 23.2 Å². The largest absolute Gasteiger partial charge is 0.335 e. The van der Waals surface area contributed by atoms with Gasteiger partial charge in [0.05, 0.1) is 12.4 Å². The van der Waals surface area contributed by atoms with Crippen molar-refractivity contribution in [2.24, 2.45) is 5.92 Å². The SMILES string of the molecule is CC1CCN(C(=O)c2cncc(Cl)n2)C(C)C1. The number of halogens is 1. The highest BCUT2D eigenvalue weighted by atomic mass is 35.5. The Morgan fingerprint density at radius 1 is 1.47 bits per heavy atom. The van der Waals surface area contributed by atoms with Crippen molar-refractivity contribution in [2.75, 3.05) is 6.54 Å². The van der Waals surface area contributed by atoms with Gasteiger partial charge in [0.2, 0.25) is 0 Å². The molecule has 1 aliphatic heterocycles. The molecule has 4 nitrogen and oxygen atoms in total. The molecule has 0 saturated carbocycles. The van der Waals surface area contributed by atoms with Crippen molar-refractivity contribution in [3.8, 4) is 0 Å². The Bertz CT molecular complexity index is 424. The molecule has 1 amide bonds. The molecule has 5 heteroatoms. The van der Waals surface area contributed by atoms with Gasteiger partial charge in [-0.05, 0) is 25.7 Å². The van der Waals surface area contributed by atoms with E-state index in [1.54, 1.807) is 0 Å². The molecule has 1 aromatic rings. The van der Waals surface area contributed by atoms with Gasteiger partial charge in [0, 0.05) is 12.6 Å². The quantitative estimate of drug-likeness (QED) is 0.772. The average molecular weight is 254 g/mol. The summed E-state index contributed by atoms with van der Waals surface area (Å²) >= 11 is 5.74. The maximum atomic E-state index is 12.2. The van der Waals surface area contributed by atoms with Crippen LogP contribution in [0.2, 0.25) is 5.15 Å². The summed E-state index contributed by atoms with van der Waals surface area (Å²) in [6.45, 7) is 5.08. The zero-order valence-corrected chi connectivity index (χ0v) is 10.8. The standard InChI is InChI=1S/C12H16ClN3O/c1-8-3-4-16(9(2)5-8)12(17)10-6-14-7-11(13)15-10/h6-9H,3-5H2,1-2H3. The van der Waals surface area contributed by atoms with Gasteiger partial charge >= 0.3 is 0 Å². The molecule has 1 fully saturated rings. The molecule has 2 atom stereocenters. The first-order valence-corrected chi connectivity index (χ1v) is 6.24. The summed E-state index contributed by atoms with van der Waals surface area (Å²) in [6.07, 6.45) is 4.99. The maximum absolute atomic E-state index is 12.2. The predicted octanol–water partition coefficient (Wildman–Crippen LogP) is 2.39. The number of aromatic nitrogens is 2. The summed E-state index contributed by atoms with van der Waals surface area (Å²) in [5.41, 5.74) is 0.332. The van der Waals surface area contributed by atoms with E-state index in [4.69, 9.17) is 11.6 Å². The van der Waals surface area contributed by atoms with Gasteiger partial charge in [0.15, 0.2) is 0 Å². The van der Waals surface area contributed by atoms with E-state index in [1.165, 1.54) is 12.4 Å². The summed E-state index contributed by atoms with van der Waals surface area (Å²) in [6, 6.07) is 0.257. The van der Waals surface area contributed by atoms with Crippen LogP contribution in [0.3, 0.4) is 0 Å². The number of piperidine rings is 1. The molecule has 1 saturated heterocycles. The van der Waals surface area contributed by atoms with Crippen LogP contribution < -0.4 is 0 Å². The Labute approximate surface area is 106 Å². The Morgan fingerprint density at radius 3 is 2.88 bits per heavy atom. The molecule has 1 aliphatic rings. The van der Waals surface area contributed by atoms with Crippen LogP contribution in [0.4, 0.5) is 0 Å². The monoisotopic (exact) mass is 253 g/mol. The van der Waals surface area contributed by atoms with E-state index >= 15 is 0 Å². The van der Waals surface area contributed by atoms with Gasteiger partial charge in [0.1, 0.15) is 10.8 Å². The minimum absolute atomic E-state index is 0.0700. The van der Waals surface area contributed by atoms with Crippen LogP contribution in [0, 0.1) is 5.92 Å². The molecule has 2 rings (SSSR count). The second-order valence-electron chi connectivity index (χ2n) is 4.70. The molecule has 0 bridgehead atoms. The third-order valence-electron chi connectivity index (χ3n) is 3.22. The first kappa shape index (κ1) is 12.3. The van der Waals surface area contributed by atoms with Crippen LogP contribution >= 0.6 is 11.6 Å². The minimum Gasteiger partial charge on any atom is -0.335 e. The van der Waals surface area contributed by atoms with Crippen molar-refractivity contribution in [2.45, 2.75) is 32.7 Å². The summed E-state index contributed by atoms with van der Waals surface area (Å²) in [7, 11) is 0. The minimum atomic E-state index is -0.0700. The number of hydrogen-bond donors (Lipinski definition) is 0. The molecular formula is C12H16ClN3O. The first-order chi connectivity index (χ1) is 8.08. The van der Waals surface area contributed by atoms with Crippen molar-refractivity contribution in [1.29, 1.82) is 0 Å². The molecule has 1 aromatic heterocycles. The lowest BCUT2D eigenvalue weighted by atomic mass is 9.93. The number of amides is 1. The highest BCUT2D eigenvalue weighted by molar-refractivity contribution is 6.29. The van der Waals surface area contributed by atoms with E-state index in [-0.39, 0.29) is 17.1 Å². The fourth-order valence-electron chi connectivity index (χ4n) is 2.30. The van der Waals surface area contributed by atoms with E-state index in [0.29, 0.717) is 11.6 Å². The second-order valence-corrected chi connectivity index (χ2v) is 5.09. The molecular weight excluding hydrogens is 238 g/mol. The zero-order chi connectivity index (χ0) is 12.4. The van der Waals surface area contributed by atoms with E-state index in [1.807, 2.05) is 4.90 Å². The molecule has 17 heavy (non-hydrogen) atoms. The average Bonchev–Trinajstić information content (AvgIpc) is 2.28. The fourth-order valence-corrected chi connectivity index (χ4v) is 2.45. The normalized spacial score (nSPS) is 24.8. The predicted molar refractivity (Wildman–Crippen MR) is 65.9 cm³/mol. The number of hydrogen-bond acceptors (Lipinski definition) is 3. The molecule has 0 aromatic carbocycles. The molecule has 2 heterocycles. The van der Waals surface area contributed by atoms with Crippen LogP contribution in [-0.4, -0.2) is 33.4 Å². The Morgan fingerprint density at radius 2 is 2.24 bits per heavy atom. The highest BCUT2D eigenvalue weighted by Gasteiger charge is 2.28. The number of rotatable bonds is 1. The third kappa shape index (κ3) is 2.75. The molecule has 0 N–H and O–H groups in total. The fraction of sp³-hybridized carbons (Fsp3) is 0.583.